The Balaban J connectivity index is 2.23. The maximum Gasteiger partial charge on any atom is 0.227 e. The van der Waals surface area contributed by atoms with E-state index in [9.17, 15) is 9.59 Å². The third-order valence-corrected chi connectivity index (χ3v) is 4.08. The van der Waals surface area contributed by atoms with Gasteiger partial charge in [0.05, 0.1) is 30.8 Å². The Morgan fingerprint density at radius 2 is 2.04 bits per heavy atom. The van der Waals surface area contributed by atoms with Crippen LogP contribution in [0.2, 0.25) is 5.02 Å². The van der Waals surface area contributed by atoms with E-state index < -0.39 is 0 Å². The molecule has 7 heteroatoms. The molecule has 23 heavy (non-hydrogen) atoms. The third kappa shape index (κ3) is 3.69. The van der Waals surface area contributed by atoms with Crippen molar-refractivity contribution in [1.29, 1.82) is 0 Å². The van der Waals surface area contributed by atoms with E-state index in [0.29, 0.717) is 35.3 Å². The molecule has 1 aromatic carbocycles. The summed E-state index contributed by atoms with van der Waals surface area (Å²) in [5.41, 5.74) is 0.550. The number of carbonyl (C=O) groups excluding carboxylic acids is 2. The van der Waals surface area contributed by atoms with E-state index in [1.807, 2.05) is 6.92 Å². The largest absolute Gasteiger partial charge is 0.495 e. The molecule has 1 atom stereocenters. The normalized spacial score (nSPS) is 17.3. The molecular formula is C16H21ClN2O4. The summed E-state index contributed by atoms with van der Waals surface area (Å²) in [5, 5.41) is 3.21. The summed E-state index contributed by atoms with van der Waals surface area (Å²) in [7, 11) is 3.02. The monoisotopic (exact) mass is 340 g/mol. The number of methoxy groups -OCH3 is 2. The average molecular weight is 341 g/mol. The minimum atomic E-state index is -0.361. The van der Waals surface area contributed by atoms with Gasteiger partial charge in [-0.2, -0.15) is 0 Å². The molecule has 0 aromatic heterocycles. The number of hydrogen-bond acceptors (Lipinski definition) is 4. The summed E-state index contributed by atoms with van der Waals surface area (Å²) >= 11 is 6.15. The third-order valence-electron chi connectivity index (χ3n) is 3.79. The Kier molecular flexibility index (Phi) is 5.71. The zero-order valence-electron chi connectivity index (χ0n) is 13.5. The molecule has 1 saturated heterocycles. The van der Waals surface area contributed by atoms with Crippen molar-refractivity contribution in [2.45, 2.75) is 19.8 Å². The molecule has 0 aliphatic carbocycles. The number of amides is 2. The van der Waals surface area contributed by atoms with Crippen molar-refractivity contribution in [2.75, 3.05) is 32.2 Å². The van der Waals surface area contributed by atoms with Crippen molar-refractivity contribution < 1.29 is 19.1 Å². The molecule has 1 aliphatic rings. The first kappa shape index (κ1) is 17.4. The molecule has 1 unspecified atom stereocenters. The minimum Gasteiger partial charge on any atom is -0.495 e. The van der Waals surface area contributed by atoms with Gasteiger partial charge in [0.25, 0.3) is 0 Å². The van der Waals surface area contributed by atoms with E-state index in [4.69, 9.17) is 21.1 Å². The van der Waals surface area contributed by atoms with Crippen LogP contribution in [0, 0.1) is 5.92 Å². The van der Waals surface area contributed by atoms with Crippen molar-refractivity contribution in [2.24, 2.45) is 5.92 Å². The van der Waals surface area contributed by atoms with E-state index in [1.54, 1.807) is 17.0 Å². The van der Waals surface area contributed by atoms with Crippen LogP contribution in [0.1, 0.15) is 19.8 Å². The van der Waals surface area contributed by atoms with Crippen LogP contribution < -0.4 is 19.7 Å². The van der Waals surface area contributed by atoms with Crippen LogP contribution in [0.25, 0.3) is 0 Å². The summed E-state index contributed by atoms with van der Waals surface area (Å²) in [6, 6.07) is 3.26. The number of hydrogen-bond donors (Lipinski definition) is 1. The van der Waals surface area contributed by atoms with E-state index in [2.05, 4.69) is 5.32 Å². The SMILES string of the molecule is CCCNC(=O)C1CC(=O)N(c2cc(Cl)c(OC)cc2OC)C1. The highest BCUT2D eigenvalue weighted by atomic mass is 35.5. The fourth-order valence-electron chi connectivity index (χ4n) is 2.56. The minimum absolute atomic E-state index is 0.0960. The maximum atomic E-state index is 12.3. The molecule has 2 amide bonds. The number of nitrogens with one attached hydrogen (secondary N) is 1. The second-order valence-electron chi connectivity index (χ2n) is 5.36. The number of halogens is 1. The highest BCUT2D eigenvalue weighted by Crippen LogP contribution is 2.40. The van der Waals surface area contributed by atoms with Gasteiger partial charge in [0, 0.05) is 25.6 Å². The lowest BCUT2D eigenvalue weighted by molar-refractivity contribution is -0.126. The van der Waals surface area contributed by atoms with Crippen molar-refractivity contribution in [3.8, 4) is 11.5 Å². The van der Waals surface area contributed by atoms with Gasteiger partial charge in [-0.15, -0.1) is 0 Å². The van der Waals surface area contributed by atoms with Crippen LogP contribution in [-0.2, 0) is 9.59 Å². The highest BCUT2D eigenvalue weighted by Gasteiger charge is 2.36. The van der Waals surface area contributed by atoms with Crippen molar-refractivity contribution >= 4 is 29.1 Å². The standard InChI is InChI=1S/C16H21ClN2O4/c1-4-5-18-16(21)10-6-15(20)19(9-10)12-7-11(17)13(22-2)8-14(12)23-3/h7-8,10H,4-6,9H2,1-3H3,(H,18,21). The van der Waals surface area contributed by atoms with E-state index in [1.165, 1.54) is 14.2 Å². The summed E-state index contributed by atoms with van der Waals surface area (Å²) in [6.07, 6.45) is 1.04. The zero-order valence-corrected chi connectivity index (χ0v) is 14.3. The number of nitrogens with zero attached hydrogens (tertiary/aromatic N) is 1. The van der Waals surface area contributed by atoms with Gasteiger partial charge >= 0.3 is 0 Å². The fourth-order valence-corrected chi connectivity index (χ4v) is 2.80. The summed E-state index contributed by atoms with van der Waals surface area (Å²) in [4.78, 5) is 25.9. The van der Waals surface area contributed by atoms with Gasteiger partial charge in [-0.05, 0) is 12.5 Å². The first-order valence-electron chi connectivity index (χ1n) is 7.51. The topological polar surface area (TPSA) is 67.9 Å². The molecule has 0 bridgehead atoms. The number of rotatable bonds is 6. The van der Waals surface area contributed by atoms with Crippen LogP contribution in [0.4, 0.5) is 5.69 Å². The van der Waals surface area contributed by atoms with Gasteiger partial charge < -0.3 is 19.7 Å². The molecule has 6 nitrogen and oxygen atoms in total. The molecule has 126 valence electrons. The quantitative estimate of drug-likeness (QED) is 0.862. The fraction of sp³-hybridized carbons (Fsp3) is 0.500. The molecule has 1 fully saturated rings. The molecule has 0 spiro atoms. The van der Waals surface area contributed by atoms with Gasteiger partial charge in [-0.3, -0.25) is 9.59 Å². The molecule has 2 rings (SSSR count). The van der Waals surface area contributed by atoms with Gasteiger partial charge in [0.15, 0.2) is 0 Å². The van der Waals surface area contributed by atoms with Crippen LogP contribution in [0.5, 0.6) is 11.5 Å². The smallest absolute Gasteiger partial charge is 0.227 e. The van der Waals surface area contributed by atoms with Gasteiger partial charge in [0.2, 0.25) is 11.8 Å². The van der Waals surface area contributed by atoms with Crippen LogP contribution in [0.15, 0.2) is 12.1 Å². The van der Waals surface area contributed by atoms with Crippen molar-refractivity contribution in [3.63, 3.8) is 0 Å². The van der Waals surface area contributed by atoms with Crippen LogP contribution in [-0.4, -0.2) is 39.1 Å². The number of anilines is 1. The first-order valence-corrected chi connectivity index (χ1v) is 7.89. The predicted octanol–water partition coefficient (Wildman–Crippen LogP) is 2.24. The second-order valence-corrected chi connectivity index (χ2v) is 5.76. The second kappa shape index (κ2) is 7.55. The Labute approximate surface area is 140 Å². The molecule has 1 aromatic rings. The molecule has 0 saturated carbocycles. The first-order chi connectivity index (χ1) is 11.0. The van der Waals surface area contributed by atoms with Crippen LogP contribution >= 0.6 is 11.6 Å². The Morgan fingerprint density at radius 3 is 2.65 bits per heavy atom. The maximum absolute atomic E-state index is 12.3. The molecule has 1 aliphatic heterocycles. The Bertz CT molecular complexity index is 606. The highest BCUT2D eigenvalue weighted by molar-refractivity contribution is 6.32. The summed E-state index contributed by atoms with van der Waals surface area (Å²) in [5.74, 6) is 0.368. The van der Waals surface area contributed by atoms with E-state index >= 15 is 0 Å². The number of ether oxygens (including phenoxy) is 2. The lowest BCUT2D eigenvalue weighted by Gasteiger charge is -2.21. The lowest BCUT2D eigenvalue weighted by Crippen LogP contribution is -2.33. The summed E-state index contributed by atoms with van der Waals surface area (Å²) in [6.45, 7) is 2.91. The van der Waals surface area contributed by atoms with Gasteiger partial charge in [-0.1, -0.05) is 18.5 Å². The Hall–Kier alpha value is -1.95. The van der Waals surface area contributed by atoms with E-state index in [0.717, 1.165) is 6.42 Å². The number of carbonyl (C=O) groups is 2. The predicted molar refractivity (Wildman–Crippen MR) is 88.3 cm³/mol. The van der Waals surface area contributed by atoms with Gasteiger partial charge in [0.1, 0.15) is 11.5 Å². The average Bonchev–Trinajstić information content (AvgIpc) is 2.94. The van der Waals surface area contributed by atoms with Crippen LogP contribution in [0.3, 0.4) is 0 Å². The molecular weight excluding hydrogens is 320 g/mol. The van der Waals surface area contributed by atoms with Crippen molar-refractivity contribution in [3.05, 3.63) is 17.2 Å². The zero-order chi connectivity index (χ0) is 17.0. The lowest BCUT2D eigenvalue weighted by atomic mass is 10.1. The molecule has 0 radical (unpaired) electrons. The Morgan fingerprint density at radius 1 is 1.35 bits per heavy atom. The molecule has 1 N–H and O–H groups in total. The summed E-state index contributed by atoms with van der Waals surface area (Å²) < 4.78 is 10.5. The molecule has 1 heterocycles. The van der Waals surface area contributed by atoms with Gasteiger partial charge in [-0.25, -0.2) is 0 Å². The van der Waals surface area contributed by atoms with Crippen molar-refractivity contribution in [1.82, 2.24) is 5.32 Å². The van der Waals surface area contributed by atoms with E-state index in [-0.39, 0.29) is 24.2 Å². The number of benzene rings is 1.